The number of pyridine rings is 3. The van der Waals surface area contributed by atoms with E-state index in [1.165, 1.54) is 13.3 Å². The predicted molar refractivity (Wildman–Crippen MR) is 142 cm³/mol. The lowest BCUT2D eigenvalue weighted by Crippen LogP contribution is -2.65. The number of methoxy groups -OCH3 is 1. The topological polar surface area (TPSA) is 98.5 Å². The number of nitrogens with zero attached hydrogens (tertiary/aromatic N) is 3. The number of fused-ring (bicyclic) bond motifs is 5. The van der Waals surface area contributed by atoms with Crippen LogP contribution in [0.1, 0.15) is 36.8 Å². The SMILES string of the molecule is COc1ccc2ncc(F)c(CC(O)C34CCC(NCc5cc6ccccc6n(C)c5=O)(CC3)CO4)c2n1. The molecule has 3 aromatic heterocycles. The summed E-state index contributed by atoms with van der Waals surface area (Å²) in [4.78, 5) is 21.5. The summed E-state index contributed by atoms with van der Waals surface area (Å²) in [5, 5.41) is 16.0. The third kappa shape index (κ3) is 4.15. The van der Waals surface area contributed by atoms with E-state index in [4.69, 9.17) is 9.47 Å². The number of para-hydroxylation sites is 1. The molecule has 1 aromatic carbocycles. The third-order valence-corrected chi connectivity index (χ3v) is 8.50. The highest BCUT2D eigenvalue weighted by Gasteiger charge is 2.53. The Morgan fingerprint density at radius 2 is 2.00 bits per heavy atom. The summed E-state index contributed by atoms with van der Waals surface area (Å²) >= 11 is 0. The Balaban J connectivity index is 1.17. The van der Waals surface area contributed by atoms with Gasteiger partial charge < -0.3 is 24.5 Å². The van der Waals surface area contributed by atoms with Gasteiger partial charge in [-0.3, -0.25) is 9.78 Å². The second-order valence-corrected chi connectivity index (χ2v) is 10.6. The van der Waals surface area contributed by atoms with Gasteiger partial charge in [0.1, 0.15) is 5.82 Å². The molecule has 3 aliphatic rings. The maximum Gasteiger partial charge on any atom is 0.255 e. The van der Waals surface area contributed by atoms with Gasteiger partial charge in [-0.05, 0) is 49.3 Å². The highest BCUT2D eigenvalue weighted by Crippen LogP contribution is 2.46. The molecule has 198 valence electrons. The van der Waals surface area contributed by atoms with Gasteiger partial charge in [-0.25, -0.2) is 9.37 Å². The van der Waals surface area contributed by atoms with Crippen LogP contribution in [0.15, 0.2) is 53.5 Å². The maximum atomic E-state index is 14.9. The predicted octanol–water partition coefficient (Wildman–Crippen LogP) is 3.40. The van der Waals surface area contributed by atoms with E-state index in [0.717, 1.165) is 23.7 Å². The lowest BCUT2D eigenvalue weighted by atomic mass is 9.68. The summed E-state index contributed by atoms with van der Waals surface area (Å²) in [6, 6.07) is 13.2. The number of rotatable bonds is 7. The Hall–Kier alpha value is -3.40. The van der Waals surface area contributed by atoms with Crippen molar-refractivity contribution in [3.8, 4) is 5.88 Å². The molecule has 38 heavy (non-hydrogen) atoms. The molecule has 0 radical (unpaired) electrons. The van der Waals surface area contributed by atoms with E-state index >= 15 is 0 Å². The number of aliphatic hydroxyl groups excluding tert-OH is 1. The molecule has 8 nitrogen and oxygen atoms in total. The van der Waals surface area contributed by atoms with Crippen LogP contribution in [0, 0.1) is 5.82 Å². The van der Waals surface area contributed by atoms with Crippen LogP contribution in [-0.2, 0) is 24.8 Å². The molecule has 2 N–H and O–H groups in total. The molecular weight excluding hydrogens is 487 g/mol. The quantitative estimate of drug-likeness (QED) is 0.387. The molecule has 3 fully saturated rings. The van der Waals surface area contributed by atoms with Crippen molar-refractivity contribution in [2.75, 3.05) is 13.7 Å². The fraction of sp³-hybridized carbons (Fsp3) is 0.414. The molecule has 1 aliphatic carbocycles. The van der Waals surface area contributed by atoms with Crippen molar-refractivity contribution in [2.45, 2.75) is 55.9 Å². The van der Waals surface area contributed by atoms with Crippen molar-refractivity contribution in [2.24, 2.45) is 7.05 Å². The zero-order chi connectivity index (χ0) is 26.5. The van der Waals surface area contributed by atoms with Crippen molar-refractivity contribution in [3.63, 3.8) is 0 Å². The van der Waals surface area contributed by atoms with Gasteiger partial charge in [0, 0.05) is 42.7 Å². The molecule has 4 aromatic rings. The number of benzene rings is 1. The summed E-state index contributed by atoms with van der Waals surface area (Å²) < 4.78 is 28.1. The number of aromatic nitrogens is 3. The minimum atomic E-state index is -0.901. The summed E-state index contributed by atoms with van der Waals surface area (Å²) in [6.07, 6.45) is 3.20. The minimum Gasteiger partial charge on any atom is -0.481 e. The molecule has 9 heteroatoms. The van der Waals surface area contributed by atoms with E-state index in [9.17, 15) is 14.3 Å². The zero-order valence-electron chi connectivity index (χ0n) is 21.5. The van der Waals surface area contributed by atoms with Crippen LogP contribution in [0.3, 0.4) is 0 Å². The van der Waals surface area contributed by atoms with Gasteiger partial charge in [0.05, 0.1) is 48.2 Å². The molecule has 5 heterocycles. The van der Waals surface area contributed by atoms with E-state index in [2.05, 4.69) is 15.3 Å². The number of hydrogen-bond donors (Lipinski definition) is 2. The number of nitrogens with one attached hydrogen (secondary N) is 1. The number of aryl methyl sites for hydroxylation is 1. The van der Waals surface area contributed by atoms with Crippen molar-refractivity contribution in [1.29, 1.82) is 0 Å². The van der Waals surface area contributed by atoms with Gasteiger partial charge in [0.2, 0.25) is 5.88 Å². The van der Waals surface area contributed by atoms with Crippen LogP contribution in [0.4, 0.5) is 4.39 Å². The first-order valence-corrected chi connectivity index (χ1v) is 13.0. The Morgan fingerprint density at radius 1 is 1.21 bits per heavy atom. The number of hydrogen-bond acceptors (Lipinski definition) is 7. The van der Waals surface area contributed by atoms with E-state index in [-0.39, 0.29) is 17.5 Å². The van der Waals surface area contributed by atoms with Gasteiger partial charge in [0.15, 0.2) is 0 Å². The Morgan fingerprint density at radius 3 is 2.74 bits per heavy atom. The van der Waals surface area contributed by atoms with E-state index in [1.807, 2.05) is 30.3 Å². The Kier molecular flexibility index (Phi) is 6.17. The molecule has 7 rings (SSSR count). The van der Waals surface area contributed by atoms with E-state index < -0.39 is 17.5 Å². The maximum absolute atomic E-state index is 14.9. The van der Waals surface area contributed by atoms with Crippen LogP contribution < -0.4 is 15.6 Å². The summed E-state index contributed by atoms with van der Waals surface area (Å²) in [5.41, 5.74) is 1.84. The summed E-state index contributed by atoms with van der Waals surface area (Å²) in [5.74, 6) is -0.143. The minimum absolute atomic E-state index is 0.0123. The lowest BCUT2D eigenvalue weighted by Gasteiger charge is -2.55. The van der Waals surface area contributed by atoms with E-state index in [1.54, 1.807) is 23.7 Å². The van der Waals surface area contributed by atoms with Crippen LogP contribution >= 0.6 is 0 Å². The fourth-order valence-corrected chi connectivity index (χ4v) is 6.04. The zero-order valence-corrected chi connectivity index (χ0v) is 21.5. The monoisotopic (exact) mass is 518 g/mol. The van der Waals surface area contributed by atoms with Crippen molar-refractivity contribution < 1.29 is 19.0 Å². The molecule has 1 saturated carbocycles. The van der Waals surface area contributed by atoms with E-state index in [0.29, 0.717) is 54.0 Å². The average Bonchev–Trinajstić information content (AvgIpc) is 2.96. The first-order valence-electron chi connectivity index (χ1n) is 13.0. The molecule has 0 spiro atoms. The molecular formula is C29H31FN4O4. The molecule has 2 aliphatic heterocycles. The van der Waals surface area contributed by atoms with Gasteiger partial charge in [-0.2, -0.15) is 0 Å². The highest BCUT2D eigenvalue weighted by molar-refractivity contribution is 5.79. The smallest absolute Gasteiger partial charge is 0.255 e. The number of aliphatic hydroxyl groups is 1. The Bertz CT molecular complexity index is 1560. The summed E-state index contributed by atoms with van der Waals surface area (Å²) in [6.45, 7) is 0.863. The largest absolute Gasteiger partial charge is 0.481 e. The second-order valence-electron chi connectivity index (χ2n) is 10.6. The molecule has 1 unspecified atom stereocenters. The highest BCUT2D eigenvalue weighted by atomic mass is 19.1. The average molecular weight is 519 g/mol. The van der Waals surface area contributed by atoms with Crippen LogP contribution in [0.2, 0.25) is 0 Å². The van der Waals surface area contributed by atoms with Crippen LogP contribution in [0.5, 0.6) is 5.88 Å². The standard InChI is InChI=1S/C29H31FN4O4/c1-34-23-6-4-3-5-18(23)13-19(27(34)36)15-32-28-9-11-29(12-10-28,38-17-28)24(35)14-20-21(30)16-31-22-7-8-25(37-2)33-26(20)22/h3-8,13,16,24,32,35H,9-12,14-15,17H2,1-2H3. The Labute approximate surface area is 219 Å². The molecule has 0 amide bonds. The van der Waals surface area contributed by atoms with Crippen LogP contribution in [-0.4, -0.2) is 50.6 Å². The fourth-order valence-electron chi connectivity index (χ4n) is 6.04. The van der Waals surface area contributed by atoms with Gasteiger partial charge in [0.25, 0.3) is 5.56 Å². The molecule has 1 atom stereocenters. The normalized spacial score (nSPS) is 23.7. The van der Waals surface area contributed by atoms with Crippen LogP contribution in [0.25, 0.3) is 21.9 Å². The number of ether oxygens (including phenoxy) is 2. The molecule has 2 saturated heterocycles. The van der Waals surface area contributed by atoms with Gasteiger partial charge in [-0.15, -0.1) is 0 Å². The first kappa shape index (κ1) is 24.9. The third-order valence-electron chi connectivity index (χ3n) is 8.50. The number of halogens is 1. The molecule has 2 bridgehead atoms. The van der Waals surface area contributed by atoms with Crippen molar-refractivity contribution in [1.82, 2.24) is 19.9 Å². The van der Waals surface area contributed by atoms with Crippen molar-refractivity contribution in [3.05, 3.63) is 76.0 Å². The second kappa shape index (κ2) is 9.41. The van der Waals surface area contributed by atoms with Crippen molar-refractivity contribution >= 4 is 21.9 Å². The van der Waals surface area contributed by atoms with Gasteiger partial charge >= 0.3 is 0 Å². The lowest BCUT2D eigenvalue weighted by molar-refractivity contribution is -0.208. The summed E-state index contributed by atoms with van der Waals surface area (Å²) in [7, 11) is 3.30. The van der Waals surface area contributed by atoms with Gasteiger partial charge in [-0.1, -0.05) is 18.2 Å². The first-order chi connectivity index (χ1) is 18.3.